The Hall–Kier alpha value is -2.66. The van der Waals surface area contributed by atoms with Gasteiger partial charge in [-0.3, -0.25) is 4.79 Å². The maximum absolute atomic E-state index is 12.5. The van der Waals surface area contributed by atoms with E-state index in [0.29, 0.717) is 12.3 Å². The van der Waals surface area contributed by atoms with Gasteiger partial charge in [-0.1, -0.05) is 36.4 Å². The standard InChI is InChI=1S/C22H22N2O2S/c25-19-7-5-16(6-8-19)17-9-11-24(12-10-17)22(26)15-27-14-18-13-23-21-4-2-1-3-20(18)21/h1-9,13,23,25H,10-12,14-15H2. The van der Waals surface area contributed by atoms with E-state index in [1.165, 1.54) is 16.5 Å². The molecule has 5 heteroatoms. The normalized spacial score (nSPS) is 14.4. The maximum Gasteiger partial charge on any atom is 0.232 e. The van der Waals surface area contributed by atoms with Gasteiger partial charge in [0.1, 0.15) is 5.75 Å². The number of phenolic OH excluding ortho intramolecular Hbond substituents is 1. The average Bonchev–Trinajstić information content (AvgIpc) is 3.12. The first kappa shape index (κ1) is 17.7. The van der Waals surface area contributed by atoms with Crippen molar-refractivity contribution in [3.8, 4) is 5.75 Å². The number of aromatic amines is 1. The van der Waals surface area contributed by atoms with Crippen LogP contribution in [0.3, 0.4) is 0 Å². The number of fused-ring (bicyclic) bond motifs is 1. The summed E-state index contributed by atoms with van der Waals surface area (Å²) < 4.78 is 0. The zero-order valence-corrected chi connectivity index (χ0v) is 15.8. The van der Waals surface area contributed by atoms with Gasteiger partial charge in [0, 0.05) is 35.9 Å². The van der Waals surface area contributed by atoms with E-state index < -0.39 is 0 Å². The molecule has 1 amide bonds. The lowest BCUT2D eigenvalue weighted by molar-refractivity contribution is -0.127. The zero-order valence-electron chi connectivity index (χ0n) is 15.0. The monoisotopic (exact) mass is 378 g/mol. The van der Waals surface area contributed by atoms with Crippen LogP contribution in [0.4, 0.5) is 0 Å². The van der Waals surface area contributed by atoms with Crippen LogP contribution in [0.2, 0.25) is 0 Å². The van der Waals surface area contributed by atoms with Crippen molar-refractivity contribution >= 4 is 34.1 Å². The van der Waals surface area contributed by atoms with Crippen LogP contribution in [0.1, 0.15) is 17.5 Å². The molecular formula is C22H22N2O2S. The zero-order chi connectivity index (χ0) is 18.6. The highest BCUT2D eigenvalue weighted by atomic mass is 32.2. The van der Waals surface area contributed by atoms with E-state index in [9.17, 15) is 9.90 Å². The summed E-state index contributed by atoms with van der Waals surface area (Å²) in [5, 5.41) is 10.6. The van der Waals surface area contributed by atoms with Crippen molar-refractivity contribution < 1.29 is 9.90 Å². The molecule has 138 valence electrons. The van der Waals surface area contributed by atoms with Gasteiger partial charge in [0.05, 0.1) is 5.75 Å². The Bertz CT molecular complexity index is 975. The minimum Gasteiger partial charge on any atom is -0.508 e. The van der Waals surface area contributed by atoms with Crippen molar-refractivity contribution in [3.63, 3.8) is 0 Å². The lowest BCUT2D eigenvalue weighted by Crippen LogP contribution is -2.35. The SMILES string of the molecule is O=C(CSCc1c[nH]c2ccccc12)N1CC=C(c2ccc(O)cc2)CC1. The molecule has 2 heterocycles. The number of hydrogen-bond acceptors (Lipinski definition) is 3. The number of carbonyl (C=O) groups is 1. The number of para-hydroxylation sites is 1. The van der Waals surface area contributed by atoms with Crippen molar-refractivity contribution in [1.29, 1.82) is 0 Å². The predicted molar refractivity (Wildman–Crippen MR) is 112 cm³/mol. The summed E-state index contributed by atoms with van der Waals surface area (Å²) in [6.45, 7) is 1.40. The summed E-state index contributed by atoms with van der Waals surface area (Å²) >= 11 is 1.67. The van der Waals surface area contributed by atoms with Crippen LogP contribution in [0.15, 0.2) is 60.8 Å². The number of hydrogen-bond donors (Lipinski definition) is 2. The number of nitrogens with one attached hydrogen (secondary N) is 1. The molecule has 0 spiro atoms. The topological polar surface area (TPSA) is 56.3 Å². The van der Waals surface area contributed by atoms with Gasteiger partial charge in [0.15, 0.2) is 0 Å². The average molecular weight is 378 g/mol. The number of benzene rings is 2. The van der Waals surface area contributed by atoms with E-state index in [1.807, 2.05) is 35.4 Å². The molecule has 0 saturated carbocycles. The van der Waals surface area contributed by atoms with Crippen LogP contribution in [-0.4, -0.2) is 39.7 Å². The molecule has 0 fully saturated rings. The van der Waals surface area contributed by atoms with E-state index in [4.69, 9.17) is 0 Å². The Morgan fingerprint density at radius 2 is 1.96 bits per heavy atom. The molecule has 1 aliphatic heterocycles. The van der Waals surface area contributed by atoms with Gasteiger partial charge >= 0.3 is 0 Å². The minimum absolute atomic E-state index is 0.195. The molecule has 0 atom stereocenters. The van der Waals surface area contributed by atoms with Gasteiger partial charge in [0.2, 0.25) is 5.91 Å². The highest BCUT2D eigenvalue weighted by molar-refractivity contribution is 7.99. The second-order valence-corrected chi connectivity index (χ2v) is 7.70. The lowest BCUT2D eigenvalue weighted by atomic mass is 9.99. The third-order valence-electron chi connectivity index (χ3n) is 4.96. The van der Waals surface area contributed by atoms with Crippen LogP contribution in [-0.2, 0) is 10.5 Å². The Morgan fingerprint density at radius 3 is 2.74 bits per heavy atom. The summed E-state index contributed by atoms with van der Waals surface area (Å²) in [6.07, 6.45) is 5.01. The van der Waals surface area contributed by atoms with E-state index in [-0.39, 0.29) is 11.7 Å². The molecule has 2 aromatic carbocycles. The van der Waals surface area contributed by atoms with Crippen molar-refractivity contribution in [2.24, 2.45) is 0 Å². The third kappa shape index (κ3) is 4.03. The number of H-pyrrole nitrogens is 1. The second kappa shape index (κ2) is 7.92. The Morgan fingerprint density at radius 1 is 1.15 bits per heavy atom. The van der Waals surface area contributed by atoms with E-state index in [1.54, 1.807) is 23.9 Å². The molecule has 4 rings (SSSR count). The van der Waals surface area contributed by atoms with Crippen LogP contribution in [0.25, 0.3) is 16.5 Å². The van der Waals surface area contributed by atoms with Gasteiger partial charge < -0.3 is 15.0 Å². The van der Waals surface area contributed by atoms with E-state index in [2.05, 4.69) is 23.2 Å². The molecule has 1 aliphatic rings. The number of aromatic hydroxyl groups is 1. The van der Waals surface area contributed by atoms with E-state index >= 15 is 0 Å². The third-order valence-corrected chi connectivity index (χ3v) is 5.92. The molecule has 0 saturated heterocycles. The van der Waals surface area contributed by atoms with Gasteiger partial charge in [-0.2, -0.15) is 0 Å². The molecule has 27 heavy (non-hydrogen) atoms. The second-order valence-electron chi connectivity index (χ2n) is 6.72. The molecule has 4 nitrogen and oxygen atoms in total. The Kier molecular flexibility index (Phi) is 5.21. The first-order chi connectivity index (χ1) is 13.2. The largest absolute Gasteiger partial charge is 0.508 e. The first-order valence-electron chi connectivity index (χ1n) is 9.09. The summed E-state index contributed by atoms with van der Waals surface area (Å²) in [5.74, 6) is 1.81. The quantitative estimate of drug-likeness (QED) is 0.691. The highest BCUT2D eigenvalue weighted by Gasteiger charge is 2.18. The molecule has 1 aromatic heterocycles. The summed E-state index contributed by atoms with van der Waals surface area (Å²) in [5.41, 5.74) is 4.75. The van der Waals surface area contributed by atoms with Crippen molar-refractivity contribution in [3.05, 3.63) is 71.9 Å². The van der Waals surface area contributed by atoms with E-state index in [0.717, 1.165) is 29.8 Å². The van der Waals surface area contributed by atoms with Crippen molar-refractivity contribution in [2.75, 3.05) is 18.8 Å². The molecule has 0 unspecified atom stereocenters. The number of carbonyl (C=O) groups excluding carboxylic acids is 1. The van der Waals surface area contributed by atoms with Crippen LogP contribution < -0.4 is 0 Å². The highest BCUT2D eigenvalue weighted by Crippen LogP contribution is 2.25. The number of phenols is 1. The maximum atomic E-state index is 12.5. The Balaban J connectivity index is 1.30. The van der Waals surface area contributed by atoms with Crippen molar-refractivity contribution in [2.45, 2.75) is 12.2 Å². The fourth-order valence-corrected chi connectivity index (χ4v) is 4.34. The van der Waals surface area contributed by atoms with Crippen LogP contribution >= 0.6 is 11.8 Å². The van der Waals surface area contributed by atoms with Crippen molar-refractivity contribution in [1.82, 2.24) is 9.88 Å². The smallest absolute Gasteiger partial charge is 0.232 e. The first-order valence-corrected chi connectivity index (χ1v) is 10.2. The molecule has 0 aliphatic carbocycles. The predicted octanol–water partition coefficient (Wildman–Crippen LogP) is 4.42. The molecule has 3 aromatic rings. The fourth-order valence-electron chi connectivity index (χ4n) is 3.42. The van der Waals surface area contributed by atoms with Gasteiger partial charge in [-0.25, -0.2) is 0 Å². The summed E-state index contributed by atoms with van der Waals surface area (Å²) in [7, 11) is 0. The Labute approximate surface area is 162 Å². The number of thioether (sulfide) groups is 1. The van der Waals surface area contributed by atoms with Crippen LogP contribution in [0, 0.1) is 0 Å². The number of amides is 1. The fraction of sp³-hybridized carbons (Fsp3) is 0.227. The number of aromatic nitrogens is 1. The molecule has 2 N–H and O–H groups in total. The lowest BCUT2D eigenvalue weighted by Gasteiger charge is -2.26. The van der Waals surface area contributed by atoms with Crippen LogP contribution in [0.5, 0.6) is 5.75 Å². The minimum atomic E-state index is 0.195. The molecule has 0 radical (unpaired) electrons. The summed E-state index contributed by atoms with van der Waals surface area (Å²) in [6, 6.07) is 15.5. The summed E-state index contributed by atoms with van der Waals surface area (Å²) in [4.78, 5) is 17.7. The number of nitrogens with zero attached hydrogens (tertiary/aromatic N) is 1. The molecule has 0 bridgehead atoms. The van der Waals surface area contributed by atoms with Gasteiger partial charge in [-0.05, 0) is 41.3 Å². The van der Waals surface area contributed by atoms with Gasteiger partial charge in [0.25, 0.3) is 0 Å². The van der Waals surface area contributed by atoms with Gasteiger partial charge in [-0.15, -0.1) is 11.8 Å². The number of rotatable bonds is 5. The molecular weight excluding hydrogens is 356 g/mol.